The highest BCUT2D eigenvalue weighted by molar-refractivity contribution is 5.90. The van der Waals surface area contributed by atoms with Crippen LogP contribution in [0.3, 0.4) is 0 Å². The molecule has 4 aromatic rings. The number of fused-ring (bicyclic) bond motifs is 3. The van der Waals surface area contributed by atoms with E-state index in [0.29, 0.717) is 54.0 Å². The first-order chi connectivity index (χ1) is 17.2. The van der Waals surface area contributed by atoms with Crippen molar-refractivity contribution in [1.82, 2.24) is 29.5 Å². The molecule has 1 saturated heterocycles. The summed E-state index contributed by atoms with van der Waals surface area (Å²) in [7, 11) is 0. The van der Waals surface area contributed by atoms with Crippen LogP contribution in [-0.2, 0) is 10.4 Å². The highest BCUT2D eigenvalue weighted by Gasteiger charge is 2.37. The van der Waals surface area contributed by atoms with Gasteiger partial charge in [-0.1, -0.05) is 18.2 Å². The fraction of sp³-hybridized carbons (Fsp3) is 0.375. The van der Waals surface area contributed by atoms with Gasteiger partial charge in [-0.15, -0.1) is 10.2 Å². The van der Waals surface area contributed by atoms with E-state index in [2.05, 4.69) is 25.5 Å². The van der Waals surface area contributed by atoms with Crippen LogP contribution in [0.2, 0.25) is 0 Å². The predicted octanol–water partition coefficient (Wildman–Crippen LogP) is 3.75. The molecule has 0 unspecified atom stereocenters. The number of carbonyl (C=O) groups is 1. The Labute approximate surface area is 204 Å². The number of alkyl halides is 2. The molecule has 12 heteroatoms. The number of benzene rings is 1. The van der Waals surface area contributed by atoms with Crippen molar-refractivity contribution in [2.75, 3.05) is 18.4 Å². The van der Waals surface area contributed by atoms with E-state index in [1.165, 1.54) is 31.7 Å². The summed E-state index contributed by atoms with van der Waals surface area (Å²) >= 11 is 0. The summed E-state index contributed by atoms with van der Waals surface area (Å²) in [5.41, 5.74) is -0.483. The second-order valence-electron chi connectivity index (χ2n) is 9.00. The summed E-state index contributed by atoms with van der Waals surface area (Å²) in [6.45, 7) is 3.91. The lowest BCUT2D eigenvalue weighted by Crippen LogP contribution is -2.44. The molecule has 1 aliphatic rings. The minimum absolute atomic E-state index is 0.0554. The molecule has 1 amide bonds. The molecule has 1 atom stereocenters. The number of nitrogens with one attached hydrogen (secondary N) is 1. The molecular formula is C24H24F3N7O2. The van der Waals surface area contributed by atoms with Gasteiger partial charge in [0.05, 0.1) is 22.6 Å². The molecule has 1 aromatic carbocycles. The van der Waals surface area contributed by atoms with Gasteiger partial charge in [-0.25, -0.2) is 23.1 Å². The summed E-state index contributed by atoms with van der Waals surface area (Å²) in [6.07, 6.45) is 0.471. The van der Waals surface area contributed by atoms with Crippen LogP contribution in [0, 0.1) is 5.82 Å². The molecular weight excluding hydrogens is 475 g/mol. The van der Waals surface area contributed by atoms with E-state index in [9.17, 15) is 23.1 Å². The molecule has 188 valence electrons. The van der Waals surface area contributed by atoms with Gasteiger partial charge in [-0.2, -0.15) is 0 Å². The second kappa shape index (κ2) is 9.01. The molecule has 0 aliphatic carbocycles. The van der Waals surface area contributed by atoms with Gasteiger partial charge in [0.1, 0.15) is 24.3 Å². The number of rotatable bonds is 5. The van der Waals surface area contributed by atoms with Gasteiger partial charge >= 0.3 is 0 Å². The fourth-order valence-electron chi connectivity index (χ4n) is 4.77. The average molecular weight is 499 g/mol. The molecule has 3 aromatic heterocycles. The Hall–Kier alpha value is -3.80. The van der Waals surface area contributed by atoms with Crippen LogP contribution < -0.4 is 5.32 Å². The molecule has 1 fully saturated rings. The van der Waals surface area contributed by atoms with E-state index < -0.39 is 29.4 Å². The number of hydrogen-bond acceptors (Lipinski definition) is 7. The third-order valence-electron chi connectivity index (χ3n) is 6.82. The van der Waals surface area contributed by atoms with E-state index in [-0.39, 0.29) is 11.5 Å². The zero-order chi connectivity index (χ0) is 25.6. The summed E-state index contributed by atoms with van der Waals surface area (Å²) in [5.74, 6) is -0.699. The first-order valence-corrected chi connectivity index (χ1v) is 11.5. The number of hydrogen-bond donors (Lipinski definition) is 2. The van der Waals surface area contributed by atoms with E-state index in [1.54, 1.807) is 22.3 Å². The topological polar surface area (TPSA) is 109 Å². The molecule has 0 radical (unpaired) electrons. The van der Waals surface area contributed by atoms with Crippen LogP contribution >= 0.6 is 0 Å². The highest BCUT2D eigenvalue weighted by Crippen LogP contribution is 2.38. The normalized spacial score (nSPS) is 16.6. The Morgan fingerprint density at radius 1 is 1.17 bits per heavy atom. The number of halogens is 3. The summed E-state index contributed by atoms with van der Waals surface area (Å²) in [4.78, 5) is 22.1. The van der Waals surface area contributed by atoms with Gasteiger partial charge in [-0.3, -0.25) is 9.20 Å². The third-order valence-corrected chi connectivity index (χ3v) is 6.82. The first kappa shape index (κ1) is 23.9. The molecule has 0 spiro atoms. The number of pyridine rings is 1. The van der Waals surface area contributed by atoms with Gasteiger partial charge in [-0.05, 0) is 25.8 Å². The molecule has 1 aliphatic heterocycles. The zero-order valence-corrected chi connectivity index (χ0v) is 19.6. The van der Waals surface area contributed by atoms with Crippen molar-refractivity contribution in [3.8, 4) is 0 Å². The molecule has 0 saturated carbocycles. The smallest absolute Gasteiger partial charge is 0.266 e. The van der Waals surface area contributed by atoms with Crippen molar-refractivity contribution in [3.63, 3.8) is 0 Å². The first-order valence-electron chi connectivity index (χ1n) is 11.5. The number of aromatic nitrogens is 5. The van der Waals surface area contributed by atoms with Crippen LogP contribution in [0.5, 0.6) is 0 Å². The second-order valence-corrected chi connectivity index (χ2v) is 9.00. The van der Waals surface area contributed by atoms with Gasteiger partial charge in [0.15, 0.2) is 11.3 Å². The predicted molar refractivity (Wildman–Crippen MR) is 125 cm³/mol. The molecule has 5 rings (SSSR count). The van der Waals surface area contributed by atoms with Gasteiger partial charge in [0, 0.05) is 31.1 Å². The van der Waals surface area contributed by atoms with Crippen LogP contribution in [-0.4, -0.2) is 53.6 Å². The Morgan fingerprint density at radius 3 is 2.58 bits per heavy atom. The fourth-order valence-corrected chi connectivity index (χ4v) is 4.77. The minimum Gasteiger partial charge on any atom is -0.385 e. The lowest BCUT2D eigenvalue weighted by molar-refractivity contribution is -0.133. The largest absolute Gasteiger partial charge is 0.385 e. The van der Waals surface area contributed by atoms with Crippen LogP contribution in [0.15, 0.2) is 36.9 Å². The quantitative estimate of drug-likeness (QED) is 0.431. The van der Waals surface area contributed by atoms with Crippen molar-refractivity contribution < 1.29 is 23.1 Å². The molecule has 0 bridgehead atoms. The number of piperidine rings is 1. The molecule has 2 N–H and O–H groups in total. The van der Waals surface area contributed by atoms with Crippen LogP contribution in [0.4, 0.5) is 19.0 Å². The highest BCUT2D eigenvalue weighted by atomic mass is 19.3. The Balaban J connectivity index is 1.57. The number of carbonyl (C=O) groups excluding carboxylic acids is 1. The number of anilines is 1. The molecule has 9 nitrogen and oxygen atoms in total. The maximum atomic E-state index is 14.8. The lowest BCUT2D eigenvalue weighted by atomic mass is 9.84. The number of likely N-dealkylation sites (tertiary alicyclic amines) is 1. The third kappa shape index (κ3) is 4.00. The molecule has 4 heterocycles. The lowest BCUT2D eigenvalue weighted by Gasteiger charge is -2.38. The monoisotopic (exact) mass is 499 g/mol. The standard InChI is InChI=1S/C24H24F3N7O2/c1-13(15-4-3-5-16(19(15)25)20(26)27)31-21-17-10-18(24(36)6-8-33(9-7-24)14(2)35)23-32-30-12-34(23)22(17)29-11-28-21/h3-5,10-13,20,36H,6-9H2,1-2H3,(H,28,29,31)/t13-/m1/s1. The Morgan fingerprint density at radius 2 is 1.89 bits per heavy atom. The summed E-state index contributed by atoms with van der Waals surface area (Å²) in [5, 5.41) is 23.4. The van der Waals surface area contributed by atoms with E-state index in [4.69, 9.17) is 0 Å². The summed E-state index contributed by atoms with van der Waals surface area (Å²) < 4.78 is 42.8. The Bertz CT molecular complexity index is 1450. The number of aliphatic hydroxyl groups is 1. The van der Waals surface area contributed by atoms with Crippen molar-refractivity contribution >= 4 is 28.4 Å². The van der Waals surface area contributed by atoms with Crippen molar-refractivity contribution in [2.45, 2.75) is 44.8 Å². The van der Waals surface area contributed by atoms with E-state index in [1.807, 2.05) is 0 Å². The maximum Gasteiger partial charge on any atom is 0.266 e. The van der Waals surface area contributed by atoms with Gasteiger partial charge in [0.2, 0.25) is 5.91 Å². The van der Waals surface area contributed by atoms with Crippen LogP contribution in [0.1, 0.15) is 55.8 Å². The number of nitrogens with zero attached hydrogens (tertiary/aromatic N) is 6. The number of amides is 1. The summed E-state index contributed by atoms with van der Waals surface area (Å²) in [6, 6.07) is 4.91. The SMILES string of the molecule is CC(=O)N1CCC(O)(c2cc3c(N[C@H](C)c4cccc(C(F)F)c4F)ncnc3n3cnnc23)CC1. The van der Waals surface area contributed by atoms with E-state index >= 15 is 0 Å². The average Bonchev–Trinajstić information content (AvgIpc) is 3.34. The van der Waals surface area contributed by atoms with Crippen molar-refractivity contribution in [3.05, 3.63) is 59.4 Å². The van der Waals surface area contributed by atoms with Crippen molar-refractivity contribution in [2.24, 2.45) is 0 Å². The van der Waals surface area contributed by atoms with Crippen molar-refractivity contribution in [1.29, 1.82) is 0 Å². The van der Waals surface area contributed by atoms with Gasteiger partial charge in [0.25, 0.3) is 6.43 Å². The van der Waals surface area contributed by atoms with Crippen LogP contribution in [0.25, 0.3) is 16.7 Å². The zero-order valence-electron chi connectivity index (χ0n) is 19.6. The van der Waals surface area contributed by atoms with E-state index in [0.717, 1.165) is 6.07 Å². The maximum absolute atomic E-state index is 14.8. The Kier molecular flexibility index (Phi) is 5.99. The molecule has 36 heavy (non-hydrogen) atoms. The minimum atomic E-state index is -2.93. The van der Waals surface area contributed by atoms with Gasteiger partial charge < -0.3 is 15.3 Å².